The first-order valence-electron chi connectivity index (χ1n) is 13.2. The van der Waals surface area contributed by atoms with Crippen LogP contribution < -0.4 is 10.1 Å². The van der Waals surface area contributed by atoms with Crippen LogP contribution in [0.2, 0.25) is 0 Å². The number of hydrogen-bond acceptors (Lipinski definition) is 4. The average Bonchev–Trinajstić information content (AvgIpc) is 3.39. The van der Waals surface area contributed by atoms with E-state index >= 15 is 0 Å². The third-order valence-corrected chi connectivity index (χ3v) is 7.15. The molecule has 2 aliphatic rings. The first-order chi connectivity index (χ1) is 17.4. The summed E-state index contributed by atoms with van der Waals surface area (Å²) in [5.41, 5.74) is 2.75. The maximum absolute atomic E-state index is 14.2. The Bertz CT molecular complexity index is 1070. The van der Waals surface area contributed by atoms with Crippen molar-refractivity contribution in [3.05, 3.63) is 65.0 Å². The van der Waals surface area contributed by atoms with Crippen molar-refractivity contribution in [1.29, 1.82) is 0 Å². The molecule has 0 aliphatic carbocycles. The van der Waals surface area contributed by atoms with Gasteiger partial charge in [0.2, 0.25) is 5.91 Å². The SMILES string of the molecule is CC[C@@H](Oc1ccc2c(c1)[C@@H](c1cccc(F)c1)N(C(=O)C(C)C)CC2)C(=O)NCCN1CCCC1. The quantitative estimate of drug-likeness (QED) is 0.563. The van der Waals surface area contributed by atoms with Crippen LogP contribution in [0.4, 0.5) is 4.39 Å². The number of nitrogens with zero attached hydrogens (tertiary/aromatic N) is 2. The van der Waals surface area contributed by atoms with E-state index in [1.54, 1.807) is 6.07 Å². The van der Waals surface area contributed by atoms with Crippen LogP contribution in [-0.2, 0) is 16.0 Å². The zero-order valence-corrected chi connectivity index (χ0v) is 21.6. The van der Waals surface area contributed by atoms with Crippen molar-refractivity contribution < 1.29 is 18.7 Å². The van der Waals surface area contributed by atoms with E-state index < -0.39 is 12.1 Å². The molecular weight excluding hydrogens is 457 g/mol. The maximum atomic E-state index is 14.2. The van der Waals surface area contributed by atoms with Gasteiger partial charge in [0.15, 0.2) is 6.10 Å². The number of fused-ring (bicyclic) bond motifs is 1. The minimum Gasteiger partial charge on any atom is -0.481 e. The molecule has 2 aromatic carbocycles. The van der Waals surface area contributed by atoms with Crippen LogP contribution in [0.5, 0.6) is 5.75 Å². The second kappa shape index (κ2) is 11.9. The van der Waals surface area contributed by atoms with E-state index in [9.17, 15) is 14.0 Å². The van der Waals surface area contributed by atoms with Crippen LogP contribution >= 0.6 is 0 Å². The molecule has 4 rings (SSSR count). The van der Waals surface area contributed by atoms with E-state index in [1.807, 2.05) is 49.9 Å². The highest BCUT2D eigenvalue weighted by molar-refractivity contribution is 5.81. The number of hydrogen-bond donors (Lipinski definition) is 1. The Hall–Kier alpha value is -2.93. The molecule has 2 aromatic rings. The Morgan fingerprint density at radius 2 is 1.89 bits per heavy atom. The van der Waals surface area contributed by atoms with E-state index in [-0.39, 0.29) is 23.5 Å². The van der Waals surface area contributed by atoms with Gasteiger partial charge in [0.25, 0.3) is 5.91 Å². The third-order valence-electron chi connectivity index (χ3n) is 7.15. The summed E-state index contributed by atoms with van der Waals surface area (Å²) >= 11 is 0. The fraction of sp³-hybridized carbons (Fsp3) is 0.517. The fourth-order valence-corrected chi connectivity index (χ4v) is 5.22. The van der Waals surface area contributed by atoms with Crippen molar-refractivity contribution in [2.45, 2.75) is 58.6 Å². The van der Waals surface area contributed by atoms with Gasteiger partial charge in [-0.15, -0.1) is 0 Å². The predicted octanol–water partition coefficient (Wildman–Crippen LogP) is 4.33. The number of nitrogens with one attached hydrogen (secondary N) is 1. The van der Waals surface area contributed by atoms with Gasteiger partial charge in [-0.05, 0) is 79.7 Å². The number of amides is 2. The lowest BCUT2D eigenvalue weighted by molar-refractivity contribution is -0.136. The molecule has 36 heavy (non-hydrogen) atoms. The second-order valence-corrected chi connectivity index (χ2v) is 10.1. The molecule has 0 unspecified atom stereocenters. The minimum absolute atomic E-state index is 0.0325. The molecule has 7 heteroatoms. The third kappa shape index (κ3) is 6.06. The number of likely N-dealkylation sites (tertiary alicyclic amines) is 1. The zero-order chi connectivity index (χ0) is 25.7. The summed E-state index contributed by atoms with van der Waals surface area (Å²) in [6.07, 6.45) is 3.10. The van der Waals surface area contributed by atoms with Crippen LogP contribution in [0.1, 0.15) is 62.8 Å². The Morgan fingerprint density at radius 3 is 2.58 bits per heavy atom. The molecule has 0 spiro atoms. The molecule has 0 radical (unpaired) electrons. The van der Waals surface area contributed by atoms with E-state index in [4.69, 9.17) is 4.74 Å². The number of rotatable bonds is 9. The molecular formula is C29H38FN3O3. The summed E-state index contributed by atoms with van der Waals surface area (Å²) in [7, 11) is 0. The van der Waals surface area contributed by atoms with E-state index in [0.29, 0.717) is 31.7 Å². The highest BCUT2D eigenvalue weighted by Crippen LogP contribution is 2.38. The molecule has 194 valence electrons. The smallest absolute Gasteiger partial charge is 0.261 e. The number of ether oxygens (including phenoxy) is 1. The monoisotopic (exact) mass is 495 g/mol. The average molecular weight is 496 g/mol. The van der Waals surface area contributed by atoms with Crippen LogP contribution in [-0.4, -0.2) is 60.4 Å². The molecule has 6 nitrogen and oxygen atoms in total. The minimum atomic E-state index is -0.605. The molecule has 2 atom stereocenters. The van der Waals surface area contributed by atoms with Crippen LogP contribution in [0.25, 0.3) is 0 Å². The molecule has 2 heterocycles. The summed E-state index contributed by atoms with van der Waals surface area (Å²) in [5.74, 6) is -0.00955. The van der Waals surface area contributed by atoms with E-state index in [1.165, 1.54) is 25.0 Å². The Kier molecular flexibility index (Phi) is 8.62. The lowest BCUT2D eigenvalue weighted by Crippen LogP contribution is -2.43. The number of carbonyl (C=O) groups excluding carboxylic acids is 2. The van der Waals surface area contributed by atoms with E-state index in [0.717, 1.165) is 36.3 Å². The molecule has 1 N–H and O–H groups in total. The summed E-state index contributed by atoms with van der Waals surface area (Å²) in [6.45, 7) is 9.93. The van der Waals surface area contributed by atoms with Crippen molar-refractivity contribution in [2.75, 3.05) is 32.7 Å². The lowest BCUT2D eigenvalue weighted by atomic mass is 9.87. The summed E-state index contributed by atoms with van der Waals surface area (Å²) in [4.78, 5) is 30.2. The molecule has 2 amide bonds. The highest BCUT2D eigenvalue weighted by Gasteiger charge is 2.34. The van der Waals surface area contributed by atoms with Gasteiger partial charge in [0, 0.05) is 25.6 Å². The molecule has 1 fully saturated rings. The first-order valence-corrected chi connectivity index (χ1v) is 13.2. The van der Waals surface area contributed by atoms with Gasteiger partial charge < -0.3 is 19.9 Å². The van der Waals surface area contributed by atoms with Crippen molar-refractivity contribution >= 4 is 11.8 Å². The zero-order valence-electron chi connectivity index (χ0n) is 21.6. The standard InChI is InChI=1S/C29H38FN3O3/c1-4-26(28(34)31-13-17-32-14-5-6-15-32)36-24-11-10-21-12-16-33(29(35)20(2)3)27(25(21)19-24)22-8-7-9-23(30)18-22/h7-11,18-20,26-27H,4-6,12-17H2,1-3H3,(H,31,34)/t26-,27-/m1/s1. The normalized spacial score (nSPS) is 18.7. The Balaban J connectivity index is 1.54. The Morgan fingerprint density at radius 1 is 1.11 bits per heavy atom. The molecule has 0 bridgehead atoms. The maximum Gasteiger partial charge on any atom is 0.261 e. The number of carbonyl (C=O) groups is 2. The number of benzene rings is 2. The predicted molar refractivity (Wildman–Crippen MR) is 138 cm³/mol. The van der Waals surface area contributed by atoms with Crippen LogP contribution in [0.15, 0.2) is 42.5 Å². The largest absolute Gasteiger partial charge is 0.481 e. The first kappa shape index (κ1) is 26.1. The van der Waals surface area contributed by atoms with Crippen LogP contribution in [0.3, 0.4) is 0 Å². The summed E-state index contributed by atoms with van der Waals surface area (Å²) < 4.78 is 20.4. The van der Waals surface area contributed by atoms with Crippen molar-refractivity contribution in [3.63, 3.8) is 0 Å². The van der Waals surface area contributed by atoms with Gasteiger partial charge in [-0.1, -0.05) is 39.0 Å². The van der Waals surface area contributed by atoms with Gasteiger partial charge in [-0.2, -0.15) is 0 Å². The molecule has 2 aliphatic heterocycles. The fourth-order valence-electron chi connectivity index (χ4n) is 5.22. The van der Waals surface area contributed by atoms with Crippen LogP contribution in [0, 0.1) is 11.7 Å². The highest BCUT2D eigenvalue weighted by atomic mass is 19.1. The van der Waals surface area contributed by atoms with Crippen molar-refractivity contribution in [2.24, 2.45) is 5.92 Å². The van der Waals surface area contributed by atoms with Gasteiger partial charge in [-0.3, -0.25) is 9.59 Å². The van der Waals surface area contributed by atoms with Gasteiger partial charge >= 0.3 is 0 Å². The van der Waals surface area contributed by atoms with Crippen molar-refractivity contribution in [1.82, 2.24) is 15.1 Å². The van der Waals surface area contributed by atoms with Gasteiger partial charge in [0.1, 0.15) is 11.6 Å². The molecule has 0 aromatic heterocycles. The lowest BCUT2D eigenvalue weighted by Gasteiger charge is -2.39. The molecule has 1 saturated heterocycles. The van der Waals surface area contributed by atoms with Crippen molar-refractivity contribution in [3.8, 4) is 5.75 Å². The summed E-state index contributed by atoms with van der Waals surface area (Å²) in [6, 6.07) is 11.9. The second-order valence-electron chi connectivity index (χ2n) is 10.1. The summed E-state index contributed by atoms with van der Waals surface area (Å²) in [5, 5.41) is 3.02. The Labute approximate surface area is 213 Å². The van der Waals surface area contributed by atoms with Gasteiger partial charge in [0.05, 0.1) is 6.04 Å². The molecule has 0 saturated carbocycles. The topological polar surface area (TPSA) is 61.9 Å². The van der Waals surface area contributed by atoms with E-state index in [2.05, 4.69) is 10.2 Å². The van der Waals surface area contributed by atoms with Gasteiger partial charge in [-0.25, -0.2) is 4.39 Å². The number of halogens is 1.